The normalized spacial score (nSPS) is 16.8. The highest BCUT2D eigenvalue weighted by Gasteiger charge is 2.36. The quantitative estimate of drug-likeness (QED) is 0.385. The Labute approximate surface area is 185 Å². The van der Waals surface area contributed by atoms with Crippen molar-refractivity contribution in [1.82, 2.24) is 39.5 Å². The SMILES string of the molecule is FC(F)(F)c1nc(-c2nc3ncc(COCCCC4CCCO4)cn3c2-c2cnc[nH]2)n[nH]1. The summed E-state index contributed by atoms with van der Waals surface area (Å²) in [6.45, 7) is 1.77. The fourth-order valence-electron chi connectivity index (χ4n) is 3.82. The van der Waals surface area contributed by atoms with E-state index in [1.54, 1.807) is 23.0 Å². The summed E-state index contributed by atoms with van der Waals surface area (Å²) in [5.74, 6) is -1.10. The minimum absolute atomic E-state index is 0.146. The first kappa shape index (κ1) is 21.5. The number of imidazole rings is 2. The van der Waals surface area contributed by atoms with Crippen LogP contribution in [0.3, 0.4) is 0 Å². The van der Waals surface area contributed by atoms with E-state index < -0.39 is 12.0 Å². The van der Waals surface area contributed by atoms with Gasteiger partial charge in [-0.3, -0.25) is 9.50 Å². The lowest BCUT2D eigenvalue weighted by molar-refractivity contribution is -0.144. The van der Waals surface area contributed by atoms with Crippen LogP contribution in [0, 0.1) is 0 Å². The van der Waals surface area contributed by atoms with Crippen LogP contribution in [0.25, 0.3) is 28.7 Å². The van der Waals surface area contributed by atoms with Crippen LogP contribution >= 0.6 is 0 Å². The van der Waals surface area contributed by atoms with Crippen molar-refractivity contribution in [3.8, 4) is 22.9 Å². The van der Waals surface area contributed by atoms with Gasteiger partial charge in [-0.1, -0.05) is 0 Å². The fourth-order valence-corrected chi connectivity index (χ4v) is 3.82. The molecule has 33 heavy (non-hydrogen) atoms. The summed E-state index contributed by atoms with van der Waals surface area (Å²) in [5, 5.41) is 5.64. The number of hydrogen-bond donors (Lipinski definition) is 2. The van der Waals surface area contributed by atoms with Gasteiger partial charge in [-0.25, -0.2) is 19.9 Å². The van der Waals surface area contributed by atoms with Gasteiger partial charge in [-0.05, 0) is 25.7 Å². The highest BCUT2D eigenvalue weighted by molar-refractivity contribution is 5.76. The molecule has 0 spiro atoms. The molecule has 0 amide bonds. The predicted octanol–water partition coefficient (Wildman–Crippen LogP) is 3.40. The van der Waals surface area contributed by atoms with E-state index in [4.69, 9.17) is 9.47 Å². The lowest BCUT2D eigenvalue weighted by Gasteiger charge is -2.09. The monoisotopic (exact) mass is 462 g/mol. The maximum atomic E-state index is 13.0. The molecule has 1 aliphatic heterocycles. The van der Waals surface area contributed by atoms with Gasteiger partial charge in [0.05, 0.1) is 30.9 Å². The second-order valence-corrected chi connectivity index (χ2v) is 7.74. The topological polar surface area (TPSA) is 119 Å². The van der Waals surface area contributed by atoms with Crippen molar-refractivity contribution < 1.29 is 22.6 Å². The van der Waals surface area contributed by atoms with Crippen molar-refractivity contribution in [1.29, 1.82) is 0 Å². The molecule has 0 radical (unpaired) electrons. The number of halogens is 3. The summed E-state index contributed by atoms with van der Waals surface area (Å²) in [6.07, 6.45) is 6.21. The number of nitrogens with zero attached hydrogens (tertiary/aromatic N) is 6. The van der Waals surface area contributed by atoms with Crippen LogP contribution in [0.15, 0.2) is 24.9 Å². The van der Waals surface area contributed by atoms with Gasteiger partial charge in [0.25, 0.3) is 0 Å². The minimum atomic E-state index is -4.65. The zero-order valence-corrected chi connectivity index (χ0v) is 17.5. The molecule has 0 saturated carbocycles. The molecule has 0 aromatic carbocycles. The first-order chi connectivity index (χ1) is 16.0. The third-order valence-corrected chi connectivity index (χ3v) is 5.36. The highest BCUT2D eigenvalue weighted by atomic mass is 19.4. The van der Waals surface area contributed by atoms with Gasteiger partial charge in [0, 0.05) is 31.2 Å². The third kappa shape index (κ3) is 4.59. The number of hydrogen-bond acceptors (Lipinski definition) is 7. The number of rotatable bonds is 8. The minimum Gasteiger partial charge on any atom is -0.378 e. The molecule has 0 bridgehead atoms. The Kier molecular flexibility index (Phi) is 5.81. The number of nitrogens with one attached hydrogen (secondary N) is 2. The second kappa shape index (κ2) is 8.90. The van der Waals surface area contributed by atoms with Crippen LogP contribution in [0.4, 0.5) is 13.2 Å². The molecule has 1 aliphatic rings. The molecule has 13 heteroatoms. The van der Waals surface area contributed by atoms with E-state index in [1.165, 1.54) is 6.33 Å². The van der Waals surface area contributed by atoms with E-state index >= 15 is 0 Å². The van der Waals surface area contributed by atoms with Gasteiger partial charge in [0.1, 0.15) is 11.4 Å². The van der Waals surface area contributed by atoms with Gasteiger partial charge in [-0.15, -0.1) is 0 Å². The molecule has 10 nitrogen and oxygen atoms in total. The first-order valence-corrected chi connectivity index (χ1v) is 10.5. The summed E-state index contributed by atoms with van der Waals surface area (Å²) in [5.41, 5.74) is 1.92. The molecule has 2 N–H and O–H groups in total. The lowest BCUT2D eigenvalue weighted by atomic mass is 10.1. The van der Waals surface area contributed by atoms with Crippen LogP contribution in [0.1, 0.15) is 37.1 Å². The van der Waals surface area contributed by atoms with E-state index in [1.807, 2.05) is 5.10 Å². The lowest BCUT2D eigenvalue weighted by Crippen LogP contribution is -2.07. The van der Waals surface area contributed by atoms with E-state index in [0.717, 1.165) is 37.9 Å². The maximum absolute atomic E-state index is 13.0. The Morgan fingerprint density at radius 2 is 2.15 bits per heavy atom. The van der Waals surface area contributed by atoms with Crippen molar-refractivity contribution in [2.45, 2.75) is 44.6 Å². The standard InChI is InChI=1S/C20H21F3N8O2/c21-20(22,23)18-28-17(29-30-18)15-16(14-8-24-11-26-14)31-9-12(7-25-19(31)27-15)10-32-5-1-3-13-4-2-6-33-13/h7-9,11,13H,1-6,10H2,(H,24,26)(H,28,29,30). The van der Waals surface area contributed by atoms with Gasteiger partial charge < -0.3 is 14.5 Å². The number of fused-ring (bicyclic) bond motifs is 1. The Morgan fingerprint density at radius 3 is 2.88 bits per heavy atom. The molecule has 1 saturated heterocycles. The van der Waals surface area contributed by atoms with E-state index in [-0.39, 0.29) is 17.3 Å². The van der Waals surface area contributed by atoms with Crippen molar-refractivity contribution >= 4 is 5.78 Å². The van der Waals surface area contributed by atoms with Crippen molar-refractivity contribution in [2.24, 2.45) is 0 Å². The number of aromatic nitrogens is 8. The Balaban J connectivity index is 1.38. The molecular formula is C20H21F3N8O2. The fraction of sp³-hybridized carbons (Fsp3) is 0.450. The number of alkyl halides is 3. The molecule has 1 unspecified atom stereocenters. The van der Waals surface area contributed by atoms with E-state index in [2.05, 4.69) is 30.0 Å². The molecule has 174 valence electrons. The van der Waals surface area contributed by atoms with Crippen LogP contribution in [-0.2, 0) is 22.3 Å². The van der Waals surface area contributed by atoms with Crippen LogP contribution in [0.2, 0.25) is 0 Å². The summed E-state index contributed by atoms with van der Waals surface area (Å²) in [7, 11) is 0. The average molecular weight is 462 g/mol. The van der Waals surface area contributed by atoms with Gasteiger partial charge in [0.2, 0.25) is 17.4 Å². The molecule has 1 atom stereocenters. The zero-order chi connectivity index (χ0) is 22.8. The van der Waals surface area contributed by atoms with Gasteiger partial charge in [-0.2, -0.15) is 18.3 Å². The number of ether oxygens (including phenoxy) is 2. The summed E-state index contributed by atoms with van der Waals surface area (Å²) < 4.78 is 52.1. The van der Waals surface area contributed by atoms with Crippen LogP contribution in [-0.4, -0.2) is 58.8 Å². The third-order valence-electron chi connectivity index (χ3n) is 5.36. The Morgan fingerprint density at radius 1 is 1.24 bits per heavy atom. The smallest absolute Gasteiger partial charge is 0.378 e. The highest BCUT2D eigenvalue weighted by Crippen LogP contribution is 2.32. The molecule has 4 aromatic rings. The molecule has 5 rings (SSSR count). The first-order valence-electron chi connectivity index (χ1n) is 10.5. The van der Waals surface area contributed by atoms with Crippen LogP contribution in [0.5, 0.6) is 0 Å². The Bertz CT molecular complexity index is 1210. The largest absolute Gasteiger partial charge is 0.451 e. The molecule has 1 fully saturated rings. The van der Waals surface area contributed by atoms with Crippen LogP contribution < -0.4 is 0 Å². The predicted molar refractivity (Wildman–Crippen MR) is 109 cm³/mol. The summed E-state index contributed by atoms with van der Waals surface area (Å²) in [6, 6.07) is 0. The summed E-state index contributed by atoms with van der Waals surface area (Å²) >= 11 is 0. The summed E-state index contributed by atoms with van der Waals surface area (Å²) in [4.78, 5) is 19.3. The Hall–Kier alpha value is -3.32. The van der Waals surface area contributed by atoms with Crippen molar-refractivity contribution in [2.75, 3.05) is 13.2 Å². The van der Waals surface area contributed by atoms with Gasteiger partial charge in [0.15, 0.2) is 0 Å². The number of aromatic amines is 2. The maximum Gasteiger partial charge on any atom is 0.451 e. The molecule has 4 aromatic heterocycles. The van der Waals surface area contributed by atoms with E-state index in [0.29, 0.717) is 30.7 Å². The molecule has 0 aliphatic carbocycles. The second-order valence-electron chi connectivity index (χ2n) is 7.74. The molecular weight excluding hydrogens is 441 g/mol. The average Bonchev–Trinajstić information content (AvgIpc) is 3.59. The van der Waals surface area contributed by atoms with Crippen molar-refractivity contribution in [3.05, 3.63) is 36.3 Å². The number of H-pyrrole nitrogens is 2. The van der Waals surface area contributed by atoms with Gasteiger partial charge >= 0.3 is 6.18 Å². The zero-order valence-electron chi connectivity index (χ0n) is 17.5. The van der Waals surface area contributed by atoms with E-state index in [9.17, 15) is 13.2 Å². The van der Waals surface area contributed by atoms with Crippen molar-refractivity contribution in [3.63, 3.8) is 0 Å². The molecule has 5 heterocycles.